The largest absolute Gasteiger partial charge is 0.464 e. The molecule has 0 saturated carbocycles. The maximum absolute atomic E-state index is 6.01. The minimum atomic E-state index is 0.0702. The molecule has 4 nitrogen and oxygen atoms in total. The van der Waals surface area contributed by atoms with Crippen LogP contribution in [0.4, 0.5) is 0 Å². The number of hydrogen-bond acceptors (Lipinski definition) is 5. The lowest BCUT2D eigenvalue weighted by atomic mass is 9.89. The molecule has 2 fully saturated rings. The highest BCUT2D eigenvalue weighted by Gasteiger charge is 2.42. The van der Waals surface area contributed by atoms with Crippen molar-refractivity contribution in [1.29, 1.82) is 0 Å². The van der Waals surface area contributed by atoms with E-state index in [1.807, 2.05) is 0 Å². The van der Waals surface area contributed by atoms with Gasteiger partial charge in [-0.3, -0.25) is 0 Å². The Morgan fingerprint density at radius 3 is 3.11 bits per heavy atom. The molecular weight excluding hydrogens is 248 g/mol. The maximum atomic E-state index is 6.01. The molecule has 2 aliphatic rings. The van der Waals surface area contributed by atoms with E-state index < -0.39 is 0 Å². The molecule has 0 aromatic carbocycles. The molecule has 2 aliphatic heterocycles. The van der Waals surface area contributed by atoms with E-state index >= 15 is 0 Å². The van der Waals surface area contributed by atoms with Crippen molar-refractivity contribution in [3.63, 3.8) is 0 Å². The Bertz CT molecular complexity index is 401. The average Bonchev–Trinajstić information content (AvgIpc) is 2.99. The van der Waals surface area contributed by atoms with Gasteiger partial charge in [0.15, 0.2) is 0 Å². The Kier molecular flexibility index (Phi) is 3.54. The van der Waals surface area contributed by atoms with Crippen LogP contribution in [0.2, 0.25) is 0 Å². The highest BCUT2D eigenvalue weighted by atomic mass is 32.1. The fourth-order valence-corrected chi connectivity index (χ4v) is 3.57. The molecule has 1 spiro atoms. The van der Waals surface area contributed by atoms with Crippen LogP contribution in [0.25, 0.3) is 0 Å². The monoisotopic (exact) mass is 268 g/mol. The van der Waals surface area contributed by atoms with Gasteiger partial charge in [0.25, 0.3) is 5.19 Å². The van der Waals surface area contributed by atoms with Crippen LogP contribution in [0.15, 0.2) is 5.38 Å². The Morgan fingerprint density at radius 2 is 2.39 bits per heavy atom. The van der Waals surface area contributed by atoms with Crippen molar-refractivity contribution in [2.45, 2.75) is 44.3 Å². The Balaban J connectivity index is 1.58. The molecule has 18 heavy (non-hydrogen) atoms. The van der Waals surface area contributed by atoms with Crippen LogP contribution >= 0.6 is 11.3 Å². The number of piperidine rings is 1. The molecule has 2 saturated heterocycles. The normalized spacial score (nSPS) is 26.6. The zero-order chi connectivity index (χ0) is 12.4. The van der Waals surface area contributed by atoms with E-state index in [2.05, 4.69) is 22.6 Å². The van der Waals surface area contributed by atoms with Crippen LogP contribution in [-0.4, -0.2) is 36.4 Å². The van der Waals surface area contributed by atoms with Gasteiger partial charge < -0.3 is 14.8 Å². The Hall–Kier alpha value is -0.650. The van der Waals surface area contributed by atoms with E-state index in [0.717, 1.165) is 49.7 Å². The first-order chi connectivity index (χ1) is 8.80. The smallest absolute Gasteiger partial charge is 0.273 e. The third-order valence-electron chi connectivity index (χ3n) is 3.85. The first kappa shape index (κ1) is 12.4. The Morgan fingerprint density at radius 1 is 1.56 bits per heavy atom. The third-order valence-corrected chi connectivity index (χ3v) is 4.63. The quantitative estimate of drug-likeness (QED) is 0.910. The fourth-order valence-electron chi connectivity index (χ4n) is 2.76. The molecular formula is C13H20N2O2S. The van der Waals surface area contributed by atoms with Crippen LogP contribution in [0.1, 0.15) is 31.9 Å². The number of aryl methyl sites for hydroxylation is 1. The van der Waals surface area contributed by atoms with Gasteiger partial charge in [0.1, 0.15) is 6.10 Å². The standard InChI is InChI=1S/C13H20N2O2S/c1-2-10-9-18-12(15-10)17-11-7-13(16-8-11)3-5-14-6-4-13/h9,11,14H,2-8H2,1H3. The summed E-state index contributed by atoms with van der Waals surface area (Å²) in [6.45, 7) is 4.94. The summed E-state index contributed by atoms with van der Waals surface area (Å²) in [7, 11) is 0. The number of rotatable bonds is 3. The molecule has 0 radical (unpaired) electrons. The van der Waals surface area contributed by atoms with Crippen molar-refractivity contribution in [3.8, 4) is 5.19 Å². The lowest BCUT2D eigenvalue weighted by Gasteiger charge is -2.32. The van der Waals surface area contributed by atoms with Crippen LogP contribution < -0.4 is 10.1 Å². The highest BCUT2D eigenvalue weighted by molar-refractivity contribution is 7.11. The van der Waals surface area contributed by atoms with Crippen molar-refractivity contribution in [1.82, 2.24) is 10.3 Å². The predicted octanol–water partition coefficient (Wildman–Crippen LogP) is 2.00. The maximum Gasteiger partial charge on any atom is 0.273 e. The van der Waals surface area contributed by atoms with Gasteiger partial charge in [0.05, 0.1) is 17.9 Å². The summed E-state index contributed by atoms with van der Waals surface area (Å²) < 4.78 is 12.0. The number of hydrogen-bond donors (Lipinski definition) is 1. The van der Waals surface area contributed by atoms with Gasteiger partial charge in [-0.2, -0.15) is 0 Å². The van der Waals surface area contributed by atoms with E-state index in [-0.39, 0.29) is 11.7 Å². The first-order valence-corrected chi connectivity index (χ1v) is 7.63. The molecule has 1 unspecified atom stereocenters. The minimum absolute atomic E-state index is 0.0702. The fraction of sp³-hybridized carbons (Fsp3) is 0.769. The van der Waals surface area contributed by atoms with Crippen LogP contribution in [0.3, 0.4) is 0 Å². The van der Waals surface area contributed by atoms with E-state index in [9.17, 15) is 0 Å². The van der Waals surface area contributed by atoms with Gasteiger partial charge in [-0.15, -0.1) is 0 Å². The predicted molar refractivity (Wildman–Crippen MR) is 71.3 cm³/mol. The summed E-state index contributed by atoms with van der Waals surface area (Å²) in [6, 6.07) is 0. The lowest BCUT2D eigenvalue weighted by Crippen LogP contribution is -2.41. The summed E-state index contributed by atoms with van der Waals surface area (Å²) in [5.74, 6) is 0. The highest BCUT2D eigenvalue weighted by Crippen LogP contribution is 2.36. The topological polar surface area (TPSA) is 43.4 Å². The van der Waals surface area contributed by atoms with Gasteiger partial charge >= 0.3 is 0 Å². The Labute approximate surface area is 112 Å². The van der Waals surface area contributed by atoms with Crippen molar-refractivity contribution >= 4 is 11.3 Å². The van der Waals surface area contributed by atoms with Crippen molar-refractivity contribution in [2.75, 3.05) is 19.7 Å². The minimum Gasteiger partial charge on any atom is -0.464 e. The summed E-state index contributed by atoms with van der Waals surface area (Å²) >= 11 is 1.59. The molecule has 0 bridgehead atoms. The lowest BCUT2D eigenvalue weighted by molar-refractivity contribution is -0.0205. The summed E-state index contributed by atoms with van der Waals surface area (Å²) in [6.07, 6.45) is 4.36. The molecule has 100 valence electrons. The van der Waals surface area contributed by atoms with Crippen LogP contribution in [-0.2, 0) is 11.2 Å². The molecule has 0 aliphatic carbocycles. The van der Waals surface area contributed by atoms with E-state index in [0.29, 0.717) is 6.61 Å². The second-order valence-electron chi connectivity index (χ2n) is 5.15. The first-order valence-electron chi connectivity index (χ1n) is 6.75. The number of nitrogens with zero attached hydrogens (tertiary/aromatic N) is 1. The summed E-state index contributed by atoms with van der Waals surface area (Å²) in [5.41, 5.74) is 1.19. The molecule has 3 heterocycles. The number of thiazole rings is 1. The van der Waals surface area contributed by atoms with E-state index in [1.165, 1.54) is 0 Å². The van der Waals surface area contributed by atoms with E-state index in [4.69, 9.17) is 9.47 Å². The van der Waals surface area contributed by atoms with Crippen LogP contribution in [0, 0.1) is 0 Å². The summed E-state index contributed by atoms with van der Waals surface area (Å²) in [5, 5.41) is 6.25. The van der Waals surface area contributed by atoms with E-state index in [1.54, 1.807) is 11.3 Å². The van der Waals surface area contributed by atoms with Gasteiger partial charge in [-0.05, 0) is 32.4 Å². The number of ether oxygens (including phenoxy) is 2. The molecule has 3 rings (SSSR count). The van der Waals surface area contributed by atoms with Crippen molar-refractivity contribution < 1.29 is 9.47 Å². The molecule has 1 atom stereocenters. The van der Waals surface area contributed by atoms with Gasteiger partial charge in [0.2, 0.25) is 0 Å². The van der Waals surface area contributed by atoms with Gasteiger partial charge in [0, 0.05) is 11.8 Å². The summed E-state index contributed by atoms with van der Waals surface area (Å²) in [4.78, 5) is 4.45. The zero-order valence-corrected chi connectivity index (χ0v) is 11.6. The van der Waals surface area contributed by atoms with Crippen molar-refractivity contribution in [3.05, 3.63) is 11.1 Å². The third kappa shape index (κ3) is 2.53. The number of aromatic nitrogens is 1. The van der Waals surface area contributed by atoms with Crippen molar-refractivity contribution in [2.24, 2.45) is 0 Å². The second kappa shape index (κ2) is 5.15. The average molecular weight is 268 g/mol. The van der Waals surface area contributed by atoms with Crippen LogP contribution in [0.5, 0.6) is 5.19 Å². The molecule has 1 aromatic rings. The second-order valence-corrected chi connectivity index (χ2v) is 5.97. The van der Waals surface area contributed by atoms with Gasteiger partial charge in [-0.25, -0.2) is 4.98 Å². The molecule has 5 heteroatoms. The molecule has 1 N–H and O–H groups in total. The zero-order valence-electron chi connectivity index (χ0n) is 10.8. The SMILES string of the molecule is CCc1csc(OC2COC3(CCNCC3)C2)n1. The van der Waals surface area contributed by atoms with Gasteiger partial charge in [-0.1, -0.05) is 18.3 Å². The molecule has 0 amide bonds. The molecule has 1 aromatic heterocycles. The number of nitrogens with one attached hydrogen (secondary N) is 1.